The fourth-order valence-corrected chi connectivity index (χ4v) is 2.62. The minimum atomic E-state index is -0.0000463. The number of aryl methyl sites for hydroxylation is 1. The van der Waals surface area contributed by atoms with E-state index in [2.05, 4.69) is 21.0 Å². The van der Waals surface area contributed by atoms with Gasteiger partial charge in [0.1, 0.15) is 4.47 Å². The molecule has 1 aromatic carbocycles. The molecule has 2 aromatic rings. The van der Waals surface area contributed by atoms with E-state index >= 15 is 0 Å². The van der Waals surface area contributed by atoms with Crippen LogP contribution in [0.5, 0.6) is 0 Å². The van der Waals surface area contributed by atoms with Crippen molar-refractivity contribution in [1.82, 2.24) is 9.78 Å². The zero-order chi connectivity index (χ0) is 12.7. The molecule has 18 heavy (non-hydrogen) atoms. The Bertz CT molecular complexity index is 637. The number of nitrogens with one attached hydrogen (secondary N) is 1. The summed E-state index contributed by atoms with van der Waals surface area (Å²) in [6, 6.07) is 7.90. The molecule has 1 saturated carbocycles. The molecule has 0 unspecified atom stereocenters. The summed E-state index contributed by atoms with van der Waals surface area (Å²) in [6.45, 7) is 2.01. The summed E-state index contributed by atoms with van der Waals surface area (Å²) < 4.78 is 2.31. The van der Waals surface area contributed by atoms with E-state index in [4.69, 9.17) is 0 Å². The maximum absolute atomic E-state index is 12.2. The topological polar surface area (TPSA) is 37.8 Å². The molecule has 0 saturated heterocycles. The number of hydrogen-bond acceptors (Lipinski definition) is 1. The van der Waals surface area contributed by atoms with Gasteiger partial charge in [0.15, 0.2) is 0 Å². The second kappa shape index (κ2) is 4.43. The number of para-hydroxylation sites is 1. The third-order valence-electron chi connectivity index (χ3n) is 3.45. The van der Waals surface area contributed by atoms with Crippen LogP contribution in [0.4, 0.5) is 0 Å². The van der Waals surface area contributed by atoms with Crippen LogP contribution in [0.25, 0.3) is 5.69 Å². The van der Waals surface area contributed by atoms with E-state index in [1.165, 1.54) is 12.8 Å². The summed E-state index contributed by atoms with van der Waals surface area (Å²) in [4.78, 5) is 12.2. The van der Waals surface area contributed by atoms with Crippen LogP contribution >= 0.6 is 15.9 Å². The maximum atomic E-state index is 12.2. The van der Waals surface area contributed by atoms with Gasteiger partial charge in [0, 0.05) is 0 Å². The lowest BCUT2D eigenvalue weighted by atomic mass is 10.2. The van der Waals surface area contributed by atoms with Gasteiger partial charge >= 0.3 is 0 Å². The first-order valence-corrected chi connectivity index (χ1v) is 7.01. The molecule has 0 spiro atoms. The van der Waals surface area contributed by atoms with E-state index in [1.54, 1.807) is 4.68 Å². The maximum Gasteiger partial charge on any atom is 0.285 e. The van der Waals surface area contributed by atoms with Crippen molar-refractivity contribution < 1.29 is 0 Å². The van der Waals surface area contributed by atoms with E-state index in [0.717, 1.165) is 29.3 Å². The van der Waals surface area contributed by atoms with Crippen molar-refractivity contribution >= 4 is 15.9 Å². The van der Waals surface area contributed by atoms with Crippen LogP contribution in [0.3, 0.4) is 0 Å². The van der Waals surface area contributed by atoms with Gasteiger partial charge in [-0.2, -0.15) is 0 Å². The second-order valence-corrected chi connectivity index (χ2v) is 5.77. The van der Waals surface area contributed by atoms with Crippen LogP contribution < -0.4 is 5.56 Å². The van der Waals surface area contributed by atoms with Gasteiger partial charge in [-0.15, -0.1) is 0 Å². The van der Waals surface area contributed by atoms with E-state index in [0.29, 0.717) is 4.47 Å². The largest absolute Gasteiger partial charge is 0.294 e. The zero-order valence-corrected chi connectivity index (χ0v) is 11.8. The third kappa shape index (κ3) is 2.05. The van der Waals surface area contributed by atoms with Gasteiger partial charge in [-0.25, -0.2) is 4.68 Å². The fourth-order valence-electron chi connectivity index (χ4n) is 2.19. The van der Waals surface area contributed by atoms with E-state index in [9.17, 15) is 4.79 Å². The van der Waals surface area contributed by atoms with Gasteiger partial charge in [0.2, 0.25) is 0 Å². The number of H-pyrrole nitrogens is 1. The van der Waals surface area contributed by atoms with Crippen molar-refractivity contribution in [2.45, 2.75) is 26.2 Å². The second-order valence-electron chi connectivity index (χ2n) is 4.98. The highest BCUT2D eigenvalue weighted by atomic mass is 79.9. The Balaban J connectivity index is 2.07. The number of rotatable bonds is 3. The Kier molecular flexibility index (Phi) is 2.90. The summed E-state index contributed by atoms with van der Waals surface area (Å²) in [5.74, 6) is 0.754. The molecule has 4 heteroatoms. The van der Waals surface area contributed by atoms with Gasteiger partial charge in [-0.3, -0.25) is 9.89 Å². The molecule has 0 atom stereocenters. The third-order valence-corrected chi connectivity index (χ3v) is 4.27. The zero-order valence-electron chi connectivity index (χ0n) is 10.2. The van der Waals surface area contributed by atoms with Gasteiger partial charge in [0.25, 0.3) is 5.56 Å². The molecular weight excluding hydrogens is 292 g/mol. The highest BCUT2D eigenvalue weighted by Gasteiger charge is 2.25. The number of hydrogen-bond donors (Lipinski definition) is 1. The minimum Gasteiger partial charge on any atom is -0.294 e. The monoisotopic (exact) mass is 306 g/mol. The number of halogens is 1. The molecule has 1 aliphatic rings. The highest BCUT2D eigenvalue weighted by Crippen LogP contribution is 2.33. The first-order valence-electron chi connectivity index (χ1n) is 6.22. The smallest absolute Gasteiger partial charge is 0.285 e. The number of nitrogens with zero attached hydrogens (tertiary/aromatic N) is 1. The Morgan fingerprint density at radius 3 is 2.78 bits per heavy atom. The molecule has 3 rings (SSSR count). The normalized spacial score (nSPS) is 15.0. The van der Waals surface area contributed by atoms with Gasteiger partial charge in [-0.05, 0) is 59.7 Å². The summed E-state index contributed by atoms with van der Waals surface area (Å²) >= 11 is 3.41. The number of aromatic amines is 1. The Hall–Kier alpha value is -1.29. The summed E-state index contributed by atoms with van der Waals surface area (Å²) in [6.07, 6.45) is 3.53. The summed E-state index contributed by atoms with van der Waals surface area (Å²) in [5, 5.41) is 3.24. The predicted octanol–water partition coefficient (Wildman–Crippen LogP) is 3.19. The van der Waals surface area contributed by atoms with Crippen LogP contribution in [0.2, 0.25) is 0 Å². The van der Waals surface area contributed by atoms with Crippen LogP contribution in [0.1, 0.15) is 24.1 Å². The molecule has 0 aliphatic heterocycles. The summed E-state index contributed by atoms with van der Waals surface area (Å²) in [5.41, 5.74) is 3.03. The first kappa shape index (κ1) is 11.8. The standard InChI is InChI=1S/C14H15BrN2O/c1-9-4-2-3-5-12(9)17-14(18)13(15)11(16-17)8-10-6-7-10/h2-5,10,16H,6-8H2,1H3. The number of aromatic nitrogens is 2. The van der Waals surface area contributed by atoms with Crippen LogP contribution in [-0.4, -0.2) is 9.78 Å². The van der Waals surface area contributed by atoms with Crippen LogP contribution in [-0.2, 0) is 6.42 Å². The van der Waals surface area contributed by atoms with Crippen molar-refractivity contribution in [3.05, 3.63) is 50.3 Å². The molecule has 1 aliphatic carbocycles. The number of benzene rings is 1. The van der Waals surface area contributed by atoms with E-state index in [-0.39, 0.29) is 5.56 Å². The van der Waals surface area contributed by atoms with Crippen LogP contribution in [0, 0.1) is 12.8 Å². The fraction of sp³-hybridized carbons (Fsp3) is 0.357. The highest BCUT2D eigenvalue weighted by molar-refractivity contribution is 9.10. The van der Waals surface area contributed by atoms with E-state index < -0.39 is 0 Å². The van der Waals surface area contributed by atoms with Crippen molar-refractivity contribution in [3.63, 3.8) is 0 Å². The molecule has 1 heterocycles. The Labute approximate surface area is 114 Å². The van der Waals surface area contributed by atoms with Gasteiger partial charge in [0.05, 0.1) is 11.4 Å². The summed E-state index contributed by atoms with van der Waals surface area (Å²) in [7, 11) is 0. The first-order chi connectivity index (χ1) is 8.66. The molecule has 1 fully saturated rings. The van der Waals surface area contributed by atoms with Gasteiger partial charge < -0.3 is 0 Å². The van der Waals surface area contributed by atoms with Crippen LogP contribution in [0.15, 0.2) is 33.5 Å². The SMILES string of the molecule is Cc1ccccc1-n1[nH]c(CC2CC2)c(Br)c1=O. The van der Waals surface area contributed by atoms with Crippen molar-refractivity contribution in [3.8, 4) is 5.69 Å². The minimum absolute atomic E-state index is 0.0000463. The van der Waals surface area contributed by atoms with Crippen molar-refractivity contribution in [2.75, 3.05) is 0 Å². The molecule has 3 nitrogen and oxygen atoms in total. The van der Waals surface area contributed by atoms with Gasteiger partial charge in [-0.1, -0.05) is 18.2 Å². The molecule has 0 amide bonds. The average Bonchev–Trinajstić information content (AvgIpc) is 3.13. The molecular formula is C14H15BrN2O. The van der Waals surface area contributed by atoms with E-state index in [1.807, 2.05) is 31.2 Å². The molecule has 0 bridgehead atoms. The lowest BCUT2D eigenvalue weighted by molar-refractivity contribution is 0.756. The Morgan fingerprint density at radius 1 is 1.39 bits per heavy atom. The lowest BCUT2D eigenvalue weighted by Crippen LogP contribution is -2.15. The predicted molar refractivity (Wildman–Crippen MR) is 75.3 cm³/mol. The Morgan fingerprint density at radius 2 is 2.11 bits per heavy atom. The molecule has 0 radical (unpaired) electrons. The average molecular weight is 307 g/mol. The van der Waals surface area contributed by atoms with Crippen molar-refractivity contribution in [2.24, 2.45) is 5.92 Å². The lowest BCUT2D eigenvalue weighted by Gasteiger charge is -2.05. The van der Waals surface area contributed by atoms with Crippen molar-refractivity contribution in [1.29, 1.82) is 0 Å². The molecule has 1 N–H and O–H groups in total. The molecule has 94 valence electrons. The quantitative estimate of drug-likeness (QED) is 0.929. The molecule has 1 aromatic heterocycles.